The van der Waals surface area contributed by atoms with E-state index in [2.05, 4.69) is 25.3 Å². The fourth-order valence-corrected chi connectivity index (χ4v) is 8.64. The zero-order chi connectivity index (χ0) is 44.4. The third kappa shape index (κ3) is 8.62. The van der Waals surface area contributed by atoms with Crippen molar-refractivity contribution < 1.29 is 50.6 Å². The number of aromatic nitrogens is 2. The van der Waals surface area contributed by atoms with Crippen molar-refractivity contribution in [1.82, 2.24) is 20.2 Å². The zero-order valence-electron chi connectivity index (χ0n) is 33.7. The largest absolute Gasteiger partial charge is 0.491 e. The Kier molecular flexibility index (Phi) is 11.8. The first-order chi connectivity index (χ1) is 30.3. The summed E-state index contributed by atoms with van der Waals surface area (Å²) in [5.41, 5.74) is 5.29. The van der Waals surface area contributed by atoms with Gasteiger partial charge in [0.05, 0.1) is 37.0 Å². The smallest absolute Gasteiger partial charge is 0.264 e. The molecule has 0 spiro atoms. The van der Waals surface area contributed by atoms with E-state index in [-0.39, 0.29) is 55.4 Å². The Balaban J connectivity index is 0.890. The van der Waals surface area contributed by atoms with E-state index in [1.54, 1.807) is 18.3 Å². The number of sulfonamides is 1. The molecule has 4 amide bonds. The molecule has 18 heteroatoms. The molecule has 322 valence electrons. The third-order valence-corrected chi connectivity index (χ3v) is 11.9. The Morgan fingerprint density at radius 3 is 2.44 bits per heavy atom. The maximum Gasteiger partial charge on any atom is 0.264 e. The first kappa shape index (κ1) is 42.4. The van der Waals surface area contributed by atoms with E-state index >= 15 is 0 Å². The van der Waals surface area contributed by atoms with E-state index in [0.29, 0.717) is 40.7 Å². The lowest BCUT2D eigenvalue weighted by Crippen LogP contribution is -2.54. The molecule has 0 bridgehead atoms. The minimum atomic E-state index is -4.49. The van der Waals surface area contributed by atoms with E-state index in [1.165, 1.54) is 25.4 Å². The minimum Gasteiger partial charge on any atom is -0.491 e. The number of halogens is 2. The summed E-state index contributed by atoms with van der Waals surface area (Å²) in [6, 6.07) is 20.7. The Hall–Kier alpha value is -7.31. The van der Waals surface area contributed by atoms with E-state index in [9.17, 15) is 36.4 Å². The molecule has 4 heterocycles. The number of piperidine rings is 1. The number of aryl methyl sites for hydroxylation is 1. The quantitative estimate of drug-likeness (QED) is 0.0775. The number of hydrogen-bond donors (Lipinski definition) is 3. The van der Waals surface area contributed by atoms with Crippen molar-refractivity contribution >= 4 is 55.9 Å². The van der Waals surface area contributed by atoms with Gasteiger partial charge in [0, 0.05) is 48.1 Å². The molecular weight excluding hydrogens is 839 g/mol. The Labute approximate surface area is 359 Å². The molecule has 4 aromatic carbocycles. The molecule has 15 nitrogen and oxygen atoms in total. The molecule has 2 aliphatic heterocycles. The molecule has 1 atom stereocenters. The van der Waals surface area contributed by atoms with Crippen molar-refractivity contribution in [2.75, 3.05) is 43.5 Å². The van der Waals surface area contributed by atoms with Gasteiger partial charge in [-0.3, -0.25) is 39.1 Å². The van der Waals surface area contributed by atoms with Crippen LogP contribution in [0.2, 0.25) is 0 Å². The molecule has 1 saturated heterocycles. The number of hydrogen-bond acceptors (Lipinski definition) is 12. The number of ether oxygens (including phenoxy) is 3. The normalized spacial score (nSPS) is 15.0. The van der Waals surface area contributed by atoms with Gasteiger partial charge in [-0.2, -0.15) is 0 Å². The second kappa shape index (κ2) is 17.6. The van der Waals surface area contributed by atoms with Crippen LogP contribution in [0.5, 0.6) is 11.6 Å². The number of rotatable bonds is 15. The highest BCUT2D eigenvalue weighted by Crippen LogP contribution is 2.36. The lowest BCUT2D eigenvalue weighted by Gasteiger charge is -2.27. The van der Waals surface area contributed by atoms with Gasteiger partial charge in [0.15, 0.2) is 0 Å². The van der Waals surface area contributed by atoms with Gasteiger partial charge in [-0.05, 0) is 96.3 Å². The van der Waals surface area contributed by atoms with Crippen LogP contribution in [-0.4, -0.2) is 86.4 Å². The summed E-state index contributed by atoms with van der Waals surface area (Å²) in [5, 5.41) is 6.15. The van der Waals surface area contributed by atoms with Gasteiger partial charge in [0.2, 0.25) is 17.7 Å². The number of carbonyl (C=O) groups is 4. The van der Waals surface area contributed by atoms with Crippen molar-refractivity contribution in [3.8, 4) is 33.9 Å². The number of fused-ring (bicyclic) bond motifs is 2. The van der Waals surface area contributed by atoms with Gasteiger partial charge >= 0.3 is 0 Å². The first-order valence-corrected chi connectivity index (χ1v) is 21.1. The summed E-state index contributed by atoms with van der Waals surface area (Å²) < 4.78 is 73.6. The van der Waals surface area contributed by atoms with Crippen LogP contribution in [0.4, 0.5) is 20.2 Å². The first-order valence-electron chi connectivity index (χ1n) is 19.6. The lowest BCUT2D eigenvalue weighted by molar-refractivity contribution is -0.136. The second-order valence-electron chi connectivity index (χ2n) is 14.6. The van der Waals surface area contributed by atoms with Crippen LogP contribution in [0.25, 0.3) is 33.2 Å². The molecule has 1 fully saturated rings. The number of amides is 4. The van der Waals surface area contributed by atoms with Crippen molar-refractivity contribution in [2.45, 2.75) is 30.7 Å². The van der Waals surface area contributed by atoms with Crippen LogP contribution in [0.1, 0.15) is 39.1 Å². The zero-order valence-corrected chi connectivity index (χ0v) is 34.6. The standard InChI is InChI=1S/C45H38F2N6O9S/c1-25-20-27(7-11-38(25)62-19-18-61-17-16-49-35-5-3-4-31-41(35)45(57)53(44(31)56)37-10-13-40(54)51-42(37)55)30-14-15-48-34-9-6-26(21-32(30)34)28-22-36(43(60-2)50-24-28)52-63(58,59)39-12-8-29(46)23-33(39)47/h3-9,11-12,14-15,20-24,37,49,52H,10,13,16-19H2,1-2H3,(H,51,54,55). The van der Waals surface area contributed by atoms with Crippen LogP contribution in [0, 0.1) is 18.6 Å². The molecule has 2 aliphatic rings. The predicted molar refractivity (Wildman–Crippen MR) is 227 cm³/mol. The number of methoxy groups -OCH3 is 1. The van der Waals surface area contributed by atoms with Crippen LogP contribution >= 0.6 is 0 Å². The molecule has 6 aromatic rings. The maximum absolute atomic E-state index is 14.5. The third-order valence-electron chi connectivity index (χ3n) is 10.5. The summed E-state index contributed by atoms with van der Waals surface area (Å²) in [5.74, 6) is -3.85. The van der Waals surface area contributed by atoms with Crippen molar-refractivity contribution in [3.63, 3.8) is 0 Å². The van der Waals surface area contributed by atoms with Crippen LogP contribution in [0.15, 0.2) is 102 Å². The fraction of sp³-hybridized carbons (Fsp3) is 0.200. The predicted octanol–water partition coefficient (Wildman–Crippen LogP) is 6.27. The maximum atomic E-state index is 14.5. The van der Waals surface area contributed by atoms with E-state index < -0.39 is 56.2 Å². The van der Waals surface area contributed by atoms with Gasteiger partial charge in [-0.15, -0.1) is 0 Å². The van der Waals surface area contributed by atoms with Crippen molar-refractivity contribution in [2.24, 2.45) is 0 Å². The van der Waals surface area contributed by atoms with E-state index in [4.69, 9.17) is 14.2 Å². The van der Waals surface area contributed by atoms with Crippen molar-refractivity contribution in [1.29, 1.82) is 0 Å². The molecule has 2 aromatic heterocycles. The van der Waals surface area contributed by atoms with Gasteiger partial charge in [-0.1, -0.05) is 18.2 Å². The van der Waals surface area contributed by atoms with Gasteiger partial charge < -0.3 is 19.5 Å². The number of nitrogens with one attached hydrogen (secondary N) is 3. The number of nitrogens with zero attached hydrogens (tertiary/aromatic N) is 3. The molecule has 63 heavy (non-hydrogen) atoms. The minimum absolute atomic E-state index is 0.0351. The molecule has 1 unspecified atom stereocenters. The van der Waals surface area contributed by atoms with Gasteiger partial charge in [-0.25, -0.2) is 22.2 Å². The average molecular weight is 877 g/mol. The number of pyridine rings is 2. The molecule has 0 saturated carbocycles. The number of benzene rings is 4. The summed E-state index contributed by atoms with van der Waals surface area (Å²) in [7, 11) is -3.17. The van der Waals surface area contributed by atoms with E-state index in [1.807, 2.05) is 49.4 Å². The fourth-order valence-electron chi connectivity index (χ4n) is 7.53. The average Bonchev–Trinajstić information content (AvgIpc) is 3.51. The summed E-state index contributed by atoms with van der Waals surface area (Å²) in [6.45, 7) is 3.03. The SMILES string of the molecule is COc1ncc(-c2ccc3nccc(-c4ccc(OCCOCCNc5cccc6c5C(=O)N(C5CCC(=O)NC5=O)C6=O)c(C)c4)c3c2)cc1NS(=O)(=O)c1ccc(F)cc1F. The second-order valence-corrected chi connectivity index (χ2v) is 16.2. The van der Waals surface area contributed by atoms with Gasteiger partial charge in [0.25, 0.3) is 21.8 Å². The number of carbonyl (C=O) groups excluding carboxylic acids is 4. The summed E-state index contributed by atoms with van der Waals surface area (Å²) in [6.07, 6.45) is 3.33. The Morgan fingerprint density at radius 1 is 0.841 bits per heavy atom. The highest BCUT2D eigenvalue weighted by molar-refractivity contribution is 7.92. The molecule has 0 aliphatic carbocycles. The number of imide groups is 2. The Morgan fingerprint density at radius 2 is 1.67 bits per heavy atom. The highest BCUT2D eigenvalue weighted by atomic mass is 32.2. The Bertz CT molecular complexity index is 2950. The molecule has 8 rings (SSSR count). The van der Waals surface area contributed by atoms with E-state index in [0.717, 1.165) is 39.1 Å². The summed E-state index contributed by atoms with van der Waals surface area (Å²) in [4.78, 5) is 59.5. The van der Waals surface area contributed by atoms with Gasteiger partial charge in [0.1, 0.15) is 40.6 Å². The lowest BCUT2D eigenvalue weighted by atomic mass is 9.96. The van der Waals surface area contributed by atoms with Crippen LogP contribution < -0.4 is 24.8 Å². The molecular formula is C45H38F2N6O9S. The molecule has 3 N–H and O–H groups in total. The van der Waals surface area contributed by atoms with Crippen LogP contribution in [0.3, 0.4) is 0 Å². The molecule has 0 radical (unpaired) electrons. The van der Waals surface area contributed by atoms with Crippen molar-refractivity contribution in [3.05, 3.63) is 126 Å². The highest BCUT2D eigenvalue weighted by Gasteiger charge is 2.45. The summed E-state index contributed by atoms with van der Waals surface area (Å²) >= 11 is 0. The topological polar surface area (TPSA) is 195 Å². The van der Waals surface area contributed by atoms with Crippen LogP contribution in [-0.2, 0) is 24.3 Å². The monoisotopic (exact) mass is 876 g/mol. The number of anilines is 2.